The van der Waals surface area contributed by atoms with Gasteiger partial charge in [0.25, 0.3) is 0 Å². The van der Waals surface area contributed by atoms with E-state index in [1.165, 1.54) is 29.7 Å². The summed E-state index contributed by atoms with van der Waals surface area (Å²) >= 11 is 1.46. The summed E-state index contributed by atoms with van der Waals surface area (Å²) in [5.74, 6) is 0.858. The molecule has 1 fully saturated rings. The third-order valence-electron chi connectivity index (χ3n) is 6.49. The highest BCUT2D eigenvalue weighted by atomic mass is 32.1. The maximum Gasteiger partial charge on any atom is 0.226 e. The van der Waals surface area contributed by atoms with Crippen LogP contribution < -0.4 is 15.4 Å². The minimum Gasteiger partial charge on any atom is -0.497 e. The van der Waals surface area contributed by atoms with Gasteiger partial charge < -0.3 is 15.4 Å². The molecule has 186 valence electrons. The van der Waals surface area contributed by atoms with Crippen molar-refractivity contribution in [3.05, 3.63) is 65.5 Å². The van der Waals surface area contributed by atoms with Gasteiger partial charge in [0.1, 0.15) is 5.75 Å². The van der Waals surface area contributed by atoms with Crippen molar-refractivity contribution in [2.24, 2.45) is 0 Å². The van der Waals surface area contributed by atoms with Gasteiger partial charge in [-0.15, -0.1) is 11.3 Å². The number of unbranched alkanes of at least 4 members (excludes halogenated alkanes) is 2. The number of thiazole rings is 1. The average Bonchev–Trinajstić information content (AvgIpc) is 3.36. The quantitative estimate of drug-likeness (QED) is 0.324. The molecule has 1 saturated heterocycles. The molecule has 35 heavy (non-hydrogen) atoms. The number of hydrogen-bond donors (Lipinski definition) is 2. The summed E-state index contributed by atoms with van der Waals surface area (Å²) in [5.41, 5.74) is 3.28. The average molecular weight is 493 g/mol. The van der Waals surface area contributed by atoms with E-state index in [-0.39, 0.29) is 5.91 Å². The van der Waals surface area contributed by atoms with Crippen LogP contribution in [-0.2, 0) is 11.3 Å². The topological polar surface area (TPSA) is 66.5 Å². The number of rotatable bonds is 12. The summed E-state index contributed by atoms with van der Waals surface area (Å²) in [7, 11) is 1.65. The lowest BCUT2D eigenvalue weighted by atomic mass is 10.0. The number of carbonyl (C=O) groups is 1. The fraction of sp³-hybridized carbons (Fsp3) is 0.429. The van der Waals surface area contributed by atoms with Crippen molar-refractivity contribution >= 4 is 22.4 Å². The van der Waals surface area contributed by atoms with E-state index in [1.807, 2.05) is 29.6 Å². The van der Waals surface area contributed by atoms with E-state index >= 15 is 0 Å². The molecule has 4 rings (SSSR count). The van der Waals surface area contributed by atoms with Crippen LogP contribution in [0.25, 0.3) is 11.3 Å². The molecule has 0 radical (unpaired) electrons. The Morgan fingerprint density at radius 3 is 2.57 bits per heavy atom. The fourth-order valence-corrected chi connectivity index (χ4v) is 5.17. The van der Waals surface area contributed by atoms with E-state index in [9.17, 15) is 4.79 Å². The molecule has 2 N–H and O–H groups in total. The minimum absolute atomic E-state index is 0.0411. The highest BCUT2D eigenvalue weighted by molar-refractivity contribution is 7.14. The lowest BCUT2D eigenvalue weighted by molar-refractivity contribution is -0.116. The van der Waals surface area contributed by atoms with Crippen LogP contribution >= 0.6 is 11.3 Å². The van der Waals surface area contributed by atoms with Crippen molar-refractivity contribution in [2.45, 2.75) is 51.1 Å². The highest BCUT2D eigenvalue weighted by Gasteiger charge is 2.18. The van der Waals surface area contributed by atoms with Crippen LogP contribution in [0.5, 0.6) is 5.75 Å². The molecule has 0 spiro atoms. The molecule has 7 heteroatoms. The van der Waals surface area contributed by atoms with Crippen LogP contribution in [0.15, 0.2) is 60.0 Å². The van der Waals surface area contributed by atoms with Gasteiger partial charge in [-0.05, 0) is 75.1 Å². The fourth-order valence-electron chi connectivity index (χ4n) is 4.44. The van der Waals surface area contributed by atoms with Gasteiger partial charge in [-0.3, -0.25) is 9.69 Å². The van der Waals surface area contributed by atoms with Gasteiger partial charge in [-0.2, -0.15) is 0 Å². The molecule has 3 aromatic rings. The van der Waals surface area contributed by atoms with Crippen molar-refractivity contribution < 1.29 is 9.53 Å². The van der Waals surface area contributed by atoms with Crippen molar-refractivity contribution in [1.29, 1.82) is 0 Å². The Hall–Kier alpha value is -2.74. The summed E-state index contributed by atoms with van der Waals surface area (Å²) in [6.45, 7) is 4.40. The molecule has 2 heterocycles. The number of methoxy groups -OCH3 is 1. The van der Waals surface area contributed by atoms with Crippen LogP contribution in [0.4, 0.5) is 5.13 Å². The zero-order chi connectivity index (χ0) is 24.3. The Morgan fingerprint density at radius 2 is 1.83 bits per heavy atom. The normalized spacial score (nSPS) is 14.7. The van der Waals surface area contributed by atoms with Gasteiger partial charge in [0.2, 0.25) is 5.91 Å². The monoisotopic (exact) mass is 492 g/mol. The van der Waals surface area contributed by atoms with E-state index < -0.39 is 0 Å². The molecule has 0 saturated carbocycles. The lowest BCUT2D eigenvalue weighted by Crippen LogP contribution is -2.42. The zero-order valence-corrected chi connectivity index (χ0v) is 21.4. The van der Waals surface area contributed by atoms with Crippen molar-refractivity contribution in [2.75, 3.05) is 32.1 Å². The number of likely N-dealkylation sites (tertiary alicyclic amines) is 1. The third-order valence-corrected chi connectivity index (χ3v) is 7.24. The second kappa shape index (κ2) is 13.4. The summed E-state index contributed by atoms with van der Waals surface area (Å²) in [5, 5.41) is 9.28. The molecular weight excluding hydrogens is 456 g/mol. The molecule has 1 amide bonds. The Kier molecular flexibility index (Phi) is 9.69. The molecule has 0 aliphatic carbocycles. The number of ether oxygens (including phenoxy) is 1. The van der Waals surface area contributed by atoms with Crippen LogP contribution in [0.3, 0.4) is 0 Å². The van der Waals surface area contributed by atoms with E-state index in [1.54, 1.807) is 7.11 Å². The number of aromatic nitrogens is 1. The first kappa shape index (κ1) is 25.4. The number of benzene rings is 2. The van der Waals surface area contributed by atoms with E-state index in [0.717, 1.165) is 62.4 Å². The maximum atomic E-state index is 12.3. The largest absolute Gasteiger partial charge is 0.497 e. The van der Waals surface area contributed by atoms with Gasteiger partial charge >= 0.3 is 0 Å². The predicted octanol–water partition coefficient (Wildman–Crippen LogP) is 5.57. The summed E-state index contributed by atoms with van der Waals surface area (Å²) < 4.78 is 5.20. The SMILES string of the molecule is COc1ccc(-c2csc(NC(=O)CCCCCNC3CCN(Cc4ccccc4)CC3)n2)cc1. The number of hydrogen-bond acceptors (Lipinski definition) is 6. The van der Waals surface area contributed by atoms with Crippen LogP contribution in [-0.4, -0.2) is 48.6 Å². The Morgan fingerprint density at radius 1 is 1.06 bits per heavy atom. The lowest BCUT2D eigenvalue weighted by Gasteiger charge is -2.32. The van der Waals surface area contributed by atoms with Crippen molar-refractivity contribution in [3.63, 3.8) is 0 Å². The molecule has 1 aromatic heterocycles. The Labute approximate surface area is 212 Å². The molecular formula is C28H36N4O2S. The van der Waals surface area contributed by atoms with Crippen LogP contribution in [0.2, 0.25) is 0 Å². The van der Waals surface area contributed by atoms with Gasteiger partial charge in [0, 0.05) is 30.0 Å². The van der Waals surface area contributed by atoms with Crippen LogP contribution in [0, 0.1) is 0 Å². The first-order valence-corrected chi connectivity index (χ1v) is 13.5. The number of nitrogens with one attached hydrogen (secondary N) is 2. The number of anilines is 1. The number of amides is 1. The van der Waals surface area contributed by atoms with Gasteiger partial charge in [0.05, 0.1) is 12.8 Å². The molecule has 1 aliphatic rings. The predicted molar refractivity (Wildman–Crippen MR) is 144 cm³/mol. The first-order chi connectivity index (χ1) is 17.2. The summed E-state index contributed by atoms with van der Waals surface area (Å²) in [6.07, 6.45) is 6.02. The zero-order valence-electron chi connectivity index (χ0n) is 20.5. The van der Waals surface area contributed by atoms with E-state index in [4.69, 9.17) is 4.74 Å². The molecule has 6 nitrogen and oxygen atoms in total. The molecule has 0 atom stereocenters. The maximum absolute atomic E-state index is 12.3. The third kappa shape index (κ3) is 8.16. The minimum atomic E-state index is 0.0411. The van der Waals surface area contributed by atoms with Crippen molar-refractivity contribution in [3.8, 4) is 17.0 Å². The van der Waals surface area contributed by atoms with E-state index in [2.05, 4.69) is 50.8 Å². The van der Waals surface area contributed by atoms with Gasteiger partial charge in [-0.25, -0.2) is 4.98 Å². The second-order valence-electron chi connectivity index (χ2n) is 9.12. The highest BCUT2D eigenvalue weighted by Crippen LogP contribution is 2.26. The standard InChI is InChI=1S/C28H36N4O2S/c1-34-25-13-11-23(12-14-25)26-21-35-28(30-26)31-27(33)10-6-3-7-17-29-24-15-18-32(19-16-24)20-22-8-4-2-5-9-22/h2,4-5,8-9,11-14,21,24,29H,3,6-7,10,15-20H2,1H3,(H,30,31,33). The summed E-state index contributed by atoms with van der Waals surface area (Å²) in [4.78, 5) is 19.4. The summed E-state index contributed by atoms with van der Waals surface area (Å²) in [6, 6.07) is 19.1. The number of piperidine rings is 1. The second-order valence-corrected chi connectivity index (χ2v) is 9.97. The smallest absolute Gasteiger partial charge is 0.226 e. The number of nitrogens with zero attached hydrogens (tertiary/aromatic N) is 2. The molecule has 0 bridgehead atoms. The molecule has 1 aliphatic heterocycles. The Bertz CT molecular complexity index is 1030. The van der Waals surface area contributed by atoms with Gasteiger partial charge in [-0.1, -0.05) is 36.8 Å². The Balaban J connectivity index is 1.05. The van der Waals surface area contributed by atoms with E-state index in [0.29, 0.717) is 17.6 Å². The number of carbonyl (C=O) groups excluding carboxylic acids is 1. The van der Waals surface area contributed by atoms with Crippen LogP contribution in [0.1, 0.15) is 44.1 Å². The van der Waals surface area contributed by atoms with Crippen molar-refractivity contribution in [1.82, 2.24) is 15.2 Å². The molecule has 0 unspecified atom stereocenters. The first-order valence-electron chi connectivity index (χ1n) is 12.6. The van der Waals surface area contributed by atoms with Gasteiger partial charge in [0.15, 0.2) is 5.13 Å². The molecule has 2 aromatic carbocycles.